The summed E-state index contributed by atoms with van der Waals surface area (Å²) in [5.41, 5.74) is 3.53. The number of nitrogens with zero attached hydrogens (tertiary/aromatic N) is 2. The number of fused-ring (bicyclic) bond motifs is 1. The van der Waals surface area contributed by atoms with Gasteiger partial charge in [0, 0.05) is 25.0 Å². The molecule has 1 N–H and O–H groups in total. The fourth-order valence-corrected chi connectivity index (χ4v) is 3.38. The van der Waals surface area contributed by atoms with Crippen LogP contribution in [0.5, 0.6) is 5.75 Å². The van der Waals surface area contributed by atoms with Crippen molar-refractivity contribution in [3.8, 4) is 5.75 Å². The van der Waals surface area contributed by atoms with Crippen LogP contribution in [0.3, 0.4) is 0 Å². The maximum Gasteiger partial charge on any atom is 0.255 e. The topological polar surface area (TPSA) is 55.6 Å². The van der Waals surface area contributed by atoms with Gasteiger partial charge in [-0.25, -0.2) is 13.8 Å². The molecule has 0 atom stereocenters. The van der Waals surface area contributed by atoms with E-state index < -0.39 is 11.6 Å². The first-order valence-corrected chi connectivity index (χ1v) is 9.88. The molecule has 0 fully saturated rings. The molecule has 0 bridgehead atoms. The van der Waals surface area contributed by atoms with Crippen molar-refractivity contribution in [1.29, 1.82) is 0 Å². The van der Waals surface area contributed by atoms with E-state index in [2.05, 4.69) is 10.3 Å². The number of rotatable bonds is 7. The predicted octanol–water partition coefficient (Wildman–Crippen LogP) is 4.47. The minimum absolute atomic E-state index is 0.216. The molecule has 2 heterocycles. The molecule has 0 radical (unpaired) electrons. The summed E-state index contributed by atoms with van der Waals surface area (Å²) in [6.07, 6.45) is 4.12. The number of hydrogen-bond acceptors (Lipinski definition) is 3. The van der Waals surface area contributed by atoms with Gasteiger partial charge in [-0.2, -0.15) is 0 Å². The third kappa shape index (κ3) is 4.88. The van der Waals surface area contributed by atoms with Gasteiger partial charge in [-0.1, -0.05) is 18.2 Å². The van der Waals surface area contributed by atoms with Gasteiger partial charge in [0.05, 0.1) is 11.3 Å². The van der Waals surface area contributed by atoms with Crippen LogP contribution in [-0.2, 0) is 13.0 Å². The van der Waals surface area contributed by atoms with Crippen molar-refractivity contribution < 1.29 is 18.3 Å². The van der Waals surface area contributed by atoms with Crippen LogP contribution in [0.15, 0.2) is 67.0 Å². The predicted molar refractivity (Wildman–Crippen MR) is 113 cm³/mol. The normalized spacial score (nSPS) is 10.9. The van der Waals surface area contributed by atoms with Crippen LogP contribution in [0.4, 0.5) is 8.78 Å². The van der Waals surface area contributed by atoms with Crippen LogP contribution >= 0.6 is 0 Å². The lowest BCUT2D eigenvalue weighted by atomic mass is 10.1. The summed E-state index contributed by atoms with van der Waals surface area (Å²) in [6, 6.07) is 14.2. The molecule has 7 heteroatoms. The second kappa shape index (κ2) is 8.95. The number of pyridine rings is 1. The number of imidazole rings is 1. The fraction of sp³-hybridized carbons (Fsp3) is 0.167. The molecular formula is C24H21F2N3O2. The number of aryl methyl sites for hydroxylation is 1. The number of halogens is 2. The average molecular weight is 421 g/mol. The fourth-order valence-electron chi connectivity index (χ4n) is 3.38. The number of amides is 1. The molecule has 2 aromatic carbocycles. The Labute approximate surface area is 178 Å². The largest absolute Gasteiger partial charge is 0.486 e. The van der Waals surface area contributed by atoms with Crippen LogP contribution < -0.4 is 10.1 Å². The van der Waals surface area contributed by atoms with Crippen molar-refractivity contribution in [3.63, 3.8) is 0 Å². The maximum absolute atomic E-state index is 13.3. The van der Waals surface area contributed by atoms with Crippen molar-refractivity contribution in [3.05, 3.63) is 101 Å². The Morgan fingerprint density at radius 2 is 1.87 bits per heavy atom. The molecule has 5 nitrogen and oxygen atoms in total. The van der Waals surface area contributed by atoms with Gasteiger partial charge in [0.2, 0.25) is 0 Å². The molecule has 0 unspecified atom stereocenters. The van der Waals surface area contributed by atoms with Gasteiger partial charge in [0.15, 0.2) is 0 Å². The number of hydrogen-bond donors (Lipinski definition) is 1. The van der Waals surface area contributed by atoms with E-state index in [0.717, 1.165) is 23.0 Å². The third-order valence-electron chi connectivity index (χ3n) is 4.86. The molecule has 0 spiro atoms. The second-order valence-electron chi connectivity index (χ2n) is 7.22. The summed E-state index contributed by atoms with van der Waals surface area (Å²) < 4.78 is 34.4. The zero-order chi connectivity index (χ0) is 21.8. The zero-order valence-electron chi connectivity index (χ0n) is 16.9. The van der Waals surface area contributed by atoms with Crippen molar-refractivity contribution >= 4 is 11.6 Å². The summed E-state index contributed by atoms with van der Waals surface area (Å²) >= 11 is 0. The number of nitrogens with one attached hydrogen (secondary N) is 1. The van der Waals surface area contributed by atoms with Crippen LogP contribution in [-0.4, -0.2) is 21.8 Å². The van der Waals surface area contributed by atoms with Crippen LogP contribution in [0.2, 0.25) is 0 Å². The molecule has 2 aromatic heterocycles. The molecular weight excluding hydrogens is 400 g/mol. The van der Waals surface area contributed by atoms with Crippen LogP contribution in [0, 0.1) is 18.6 Å². The van der Waals surface area contributed by atoms with E-state index in [1.165, 1.54) is 12.1 Å². The zero-order valence-corrected chi connectivity index (χ0v) is 16.9. The lowest BCUT2D eigenvalue weighted by Crippen LogP contribution is -2.26. The van der Waals surface area contributed by atoms with E-state index in [1.807, 2.05) is 35.9 Å². The van der Waals surface area contributed by atoms with Gasteiger partial charge in [-0.15, -0.1) is 0 Å². The van der Waals surface area contributed by atoms with E-state index >= 15 is 0 Å². The summed E-state index contributed by atoms with van der Waals surface area (Å²) in [6.45, 7) is 2.45. The van der Waals surface area contributed by atoms with Crippen molar-refractivity contribution in [1.82, 2.24) is 14.7 Å². The molecule has 1 amide bonds. The summed E-state index contributed by atoms with van der Waals surface area (Å²) in [7, 11) is 0. The Hall–Kier alpha value is -3.74. The van der Waals surface area contributed by atoms with Crippen molar-refractivity contribution in [2.45, 2.75) is 20.0 Å². The number of aromatic nitrogens is 2. The number of para-hydroxylation sites is 1. The highest BCUT2D eigenvalue weighted by atomic mass is 19.1. The SMILES string of the molecule is Cc1cccn2cc(COc3ccccc3C(=O)NCCc3cc(F)cc(F)c3)nc12. The molecule has 4 rings (SSSR count). The van der Waals surface area contributed by atoms with E-state index in [0.29, 0.717) is 23.3 Å². The van der Waals surface area contributed by atoms with E-state index in [-0.39, 0.29) is 19.1 Å². The smallest absolute Gasteiger partial charge is 0.255 e. The Morgan fingerprint density at radius 1 is 1.10 bits per heavy atom. The monoisotopic (exact) mass is 421 g/mol. The highest BCUT2D eigenvalue weighted by Gasteiger charge is 2.13. The first kappa shape index (κ1) is 20.5. The molecule has 31 heavy (non-hydrogen) atoms. The van der Waals surface area contributed by atoms with Gasteiger partial charge in [0.1, 0.15) is 29.6 Å². The van der Waals surface area contributed by atoms with E-state index in [1.54, 1.807) is 24.3 Å². The second-order valence-corrected chi connectivity index (χ2v) is 7.22. The maximum atomic E-state index is 13.3. The Bertz CT molecular complexity index is 1220. The number of ether oxygens (including phenoxy) is 1. The minimum atomic E-state index is -0.637. The molecule has 0 saturated heterocycles. The number of carbonyl (C=O) groups excluding carboxylic acids is 1. The molecule has 0 saturated carbocycles. The first-order chi connectivity index (χ1) is 15.0. The number of benzene rings is 2. The molecule has 0 aliphatic rings. The standard InChI is InChI=1S/C24H21F2N3O2/c1-16-5-4-10-29-14-20(28-23(16)29)15-31-22-7-3-2-6-21(22)24(30)27-9-8-17-11-18(25)13-19(26)12-17/h2-7,10-14H,8-9,15H2,1H3,(H,27,30). The highest BCUT2D eigenvalue weighted by molar-refractivity contribution is 5.96. The Balaban J connectivity index is 1.40. The van der Waals surface area contributed by atoms with E-state index in [9.17, 15) is 13.6 Å². The quantitative estimate of drug-likeness (QED) is 0.479. The molecule has 158 valence electrons. The number of carbonyl (C=O) groups is 1. The van der Waals surface area contributed by atoms with Gasteiger partial charge >= 0.3 is 0 Å². The minimum Gasteiger partial charge on any atom is -0.486 e. The van der Waals surface area contributed by atoms with Gasteiger partial charge in [0.25, 0.3) is 5.91 Å². The highest BCUT2D eigenvalue weighted by Crippen LogP contribution is 2.20. The van der Waals surface area contributed by atoms with Crippen molar-refractivity contribution in [2.75, 3.05) is 6.54 Å². The summed E-state index contributed by atoms with van der Waals surface area (Å²) in [5.74, 6) is -1.16. The summed E-state index contributed by atoms with van der Waals surface area (Å²) in [5, 5.41) is 2.77. The molecule has 0 aliphatic heterocycles. The molecule has 0 aliphatic carbocycles. The van der Waals surface area contributed by atoms with Crippen LogP contribution in [0.25, 0.3) is 5.65 Å². The first-order valence-electron chi connectivity index (χ1n) is 9.88. The lowest BCUT2D eigenvalue weighted by molar-refractivity contribution is 0.0949. The Kier molecular flexibility index (Phi) is 5.93. The van der Waals surface area contributed by atoms with Gasteiger partial charge < -0.3 is 14.5 Å². The van der Waals surface area contributed by atoms with Gasteiger partial charge in [-0.3, -0.25) is 4.79 Å². The van der Waals surface area contributed by atoms with Gasteiger partial charge in [-0.05, 0) is 54.8 Å². The van der Waals surface area contributed by atoms with Crippen LogP contribution in [0.1, 0.15) is 27.2 Å². The van der Waals surface area contributed by atoms with E-state index in [4.69, 9.17) is 4.74 Å². The average Bonchev–Trinajstić information content (AvgIpc) is 3.16. The summed E-state index contributed by atoms with van der Waals surface area (Å²) in [4.78, 5) is 17.2. The molecule has 4 aromatic rings. The third-order valence-corrected chi connectivity index (χ3v) is 4.86. The lowest BCUT2D eigenvalue weighted by Gasteiger charge is -2.11. The van der Waals surface area contributed by atoms with Crippen molar-refractivity contribution in [2.24, 2.45) is 0 Å². The Morgan fingerprint density at radius 3 is 2.65 bits per heavy atom.